The van der Waals surface area contributed by atoms with Crippen molar-refractivity contribution in [2.45, 2.75) is 161 Å². The molecule has 15 nitrogen and oxygen atoms in total. The molecule has 0 radical (unpaired) electrons. The smallest absolute Gasteiger partial charge is 0.408 e. The van der Waals surface area contributed by atoms with E-state index in [1.165, 1.54) is 41.5 Å². The summed E-state index contributed by atoms with van der Waals surface area (Å²) < 4.78 is 10.8. The molecule has 55 heavy (non-hydrogen) atoms. The maximum absolute atomic E-state index is 13.6. The van der Waals surface area contributed by atoms with Crippen molar-refractivity contribution in [1.29, 1.82) is 0 Å². The number of ether oxygens (including phenoxy) is 2. The van der Waals surface area contributed by atoms with Gasteiger partial charge in [0.25, 0.3) is 0 Å². The Hall–Kier alpha value is -4.69. The summed E-state index contributed by atoms with van der Waals surface area (Å²) in [4.78, 5) is 92.4. The van der Waals surface area contributed by atoms with Gasteiger partial charge < -0.3 is 41.4 Å². The van der Waals surface area contributed by atoms with E-state index in [1.54, 1.807) is 34.6 Å². The number of esters is 1. The van der Waals surface area contributed by atoms with Crippen LogP contribution in [0.5, 0.6) is 0 Å². The van der Waals surface area contributed by atoms with Gasteiger partial charge in [-0.05, 0) is 107 Å². The largest absolute Gasteiger partial charge is 0.461 e. The van der Waals surface area contributed by atoms with Crippen molar-refractivity contribution in [2.75, 3.05) is 0 Å². The summed E-state index contributed by atoms with van der Waals surface area (Å²) in [7, 11) is 0. The van der Waals surface area contributed by atoms with Crippen LogP contribution in [-0.4, -0.2) is 81.4 Å². The number of benzene rings is 1. The first-order chi connectivity index (χ1) is 25.2. The van der Waals surface area contributed by atoms with Crippen molar-refractivity contribution >= 4 is 41.6 Å². The Balaban J connectivity index is 1.55. The summed E-state index contributed by atoms with van der Waals surface area (Å²) in [5, 5.41) is 16.6. The first kappa shape index (κ1) is 44.7. The van der Waals surface area contributed by atoms with Crippen LogP contribution in [0, 0.1) is 11.8 Å². The Kier molecular flexibility index (Phi) is 14.1. The number of rotatable bonds is 14. The van der Waals surface area contributed by atoms with Crippen LogP contribution in [0.3, 0.4) is 0 Å². The molecule has 4 atom stereocenters. The van der Waals surface area contributed by atoms with E-state index in [0.29, 0.717) is 32.1 Å². The van der Waals surface area contributed by atoms with Crippen molar-refractivity contribution in [2.24, 2.45) is 11.8 Å². The molecule has 1 aromatic rings. The van der Waals surface area contributed by atoms with Gasteiger partial charge in [-0.2, -0.15) is 0 Å². The molecule has 0 heterocycles. The molecular weight excluding hydrogens is 708 g/mol. The van der Waals surface area contributed by atoms with Crippen molar-refractivity contribution in [3.05, 3.63) is 35.9 Å². The molecule has 2 aliphatic rings. The Morgan fingerprint density at radius 1 is 0.564 bits per heavy atom. The zero-order valence-corrected chi connectivity index (χ0v) is 34.3. The molecule has 3 rings (SSSR count). The predicted molar refractivity (Wildman–Crippen MR) is 205 cm³/mol. The van der Waals surface area contributed by atoms with Crippen LogP contribution >= 0.6 is 0 Å². The van der Waals surface area contributed by atoms with Gasteiger partial charge in [0.15, 0.2) is 0 Å². The molecule has 0 spiro atoms. The van der Waals surface area contributed by atoms with Crippen molar-refractivity contribution < 1.29 is 43.0 Å². The van der Waals surface area contributed by atoms with Gasteiger partial charge in [-0.1, -0.05) is 43.2 Å². The second-order valence-corrected chi connectivity index (χ2v) is 17.9. The Bertz CT molecular complexity index is 1600. The van der Waals surface area contributed by atoms with E-state index in [9.17, 15) is 33.6 Å². The standard InChI is InChI=1S/C40H62N6O9/c1-36(2,3)55-35(53)46-40(10,11)34(52)45-37(4,5)31(49)41-27-21-15-19-25(27)29(47)43-39(8,9)33(51)44-38(6,7)32(50)42-28-22-16-20-26(28)30(48)54-23-24-17-13-12-14-18-24/h12-14,17-18,25-28H,15-16,19-23H2,1-11H3,(H,41,49)(H,42,50)(H,43,47)(H,44,51)(H,45,52)(H,46,53)/t25-,26-,27-,28-/m0/s1. The predicted octanol–water partition coefficient (Wildman–Crippen LogP) is 3.29. The molecule has 306 valence electrons. The fraction of sp³-hybridized carbons (Fsp3) is 0.675. The fourth-order valence-electron chi connectivity index (χ4n) is 6.46. The fourth-order valence-corrected chi connectivity index (χ4v) is 6.46. The molecule has 6 N–H and O–H groups in total. The molecule has 0 aromatic heterocycles. The third kappa shape index (κ3) is 12.7. The summed E-state index contributed by atoms with van der Waals surface area (Å²) in [6.45, 7) is 17.4. The van der Waals surface area contributed by atoms with E-state index in [1.807, 2.05) is 30.3 Å². The van der Waals surface area contributed by atoms with Crippen LogP contribution in [-0.2, 0) is 44.8 Å². The summed E-state index contributed by atoms with van der Waals surface area (Å²) >= 11 is 0. The van der Waals surface area contributed by atoms with Crippen molar-refractivity contribution in [3.63, 3.8) is 0 Å². The lowest BCUT2D eigenvalue weighted by Gasteiger charge is -2.35. The first-order valence-electron chi connectivity index (χ1n) is 19.0. The number of hydrogen-bond donors (Lipinski definition) is 6. The molecule has 2 aliphatic carbocycles. The molecule has 6 amide bonds. The summed E-state index contributed by atoms with van der Waals surface area (Å²) in [6, 6.07) is 8.31. The normalized spacial score (nSPS) is 20.4. The number of carbonyl (C=O) groups is 7. The lowest BCUT2D eigenvalue weighted by molar-refractivity contribution is -0.150. The lowest BCUT2D eigenvalue weighted by Crippen LogP contribution is -2.65. The van der Waals surface area contributed by atoms with E-state index in [-0.39, 0.29) is 12.6 Å². The van der Waals surface area contributed by atoms with Gasteiger partial charge in [-0.25, -0.2) is 4.79 Å². The number of amides is 6. The summed E-state index contributed by atoms with van der Waals surface area (Å²) in [5.74, 6) is -4.23. The monoisotopic (exact) mass is 770 g/mol. The third-order valence-corrected chi connectivity index (χ3v) is 9.90. The SMILES string of the molecule is CC(C)(C)OC(=O)NC(C)(C)C(=O)NC(C)(C)C(=O)N[C@H]1CCC[C@@H]1C(=O)NC(C)(C)C(=O)NC(C)(C)C(=O)N[C@H]1CCC[C@@H]1C(=O)OCc1ccccc1. The van der Waals surface area contributed by atoms with Gasteiger partial charge in [-0.3, -0.25) is 28.8 Å². The highest BCUT2D eigenvalue weighted by molar-refractivity contribution is 5.98. The number of hydrogen-bond acceptors (Lipinski definition) is 9. The zero-order valence-electron chi connectivity index (χ0n) is 34.3. The molecule has 2 fully saturated rings. The van der Waals surface area contributed by atoms with Gasteiger partial charge in [0, 0.05) is 12.1 Å². The van der Waals surface area contributed by atoms with Gasteiger partial charge in [-0.15, -0.1) is 0 Å². The summed E-state index contributed by atoms with van der Waals surface area (Å²) in [5.41, 5.74) is -5.57. The Morgan fingerprint density at radius 2 is 1.00 bits per heavy atom. The van der Waals surface area contributed by atoms with Crippen LogP contribution in [0.4, 0.5) is 4.79 Å². The molecule has 0 aliphatic heterocycles. The number of alkyl carbamates (subject to hydrolysis) is 1. The van der Waals surface area contributed by atoms with Crippen LogP contribution in [0.1, 0.15) is 120 Å². The minimum atomic E-state index is -1.44. The number of carbonyl (C=O) groups excluding carboxylic acids is 7. The van der Waals surface area contributed by atoms with Gasteiger partial charge >= 0.3 is 12.1 Å². The van der Waals surface area contributed by atoms with Crippen LogP contribution < -0.4 is 31.9 Å². The highest BCUT2D eigenvalue weighted by atomic mass is 16.6. The molecule has 0 unspecified atom stereocenters. The van der Waals surface area contributed by atoms with E-state index in [0.717, 1.165) is 12.0 Å². The quantitative estimate of drug-likeness (QED) is 0.153. The minimum Gasteiger partial charge on any atom is -0.461 e. The second-order valence-electron chi connectivity index (χ2n) is 17.9. The van der Waals surface area contributed by atoms with E-state index >= 15 is 0 Å². The van der Waals surface area contributed by atoms with Crippen molar-refractivity contribution in [3.8, 4) is 0 Å². The maximum atomic E-state index is 13.6. The molecule has 15 heteroatoms. The van der Waals surface area contributed by atoms with Crippen LogP contribution in [0.15, 0.2) is 30.3 Å². The Labute approximate surface area is 324 Å². The molecule has 0 bridgehead atoms. The number of nitrogens with one attached hydrogen (secondary N) is 6. The van der Waals surface area contributed by atoms with Gasteiger partial charge in [0.05, 0.1) is 11.8 Å². The minimum absolute atomic E-state index is 0.137. The van der Waals surface area contributed by atoms with E-state index in [4.69, 9.17) is 9.47 Å². The van der Waals surface area contributed by atoms with E-state index in [2.05, 4.69) is 31.9 Å². The lowest BCUT2D eigenvalue weighted by atomic mass is 9.95. The maximum Gasteiger partial charge on any atom is 0.408 e. The highest BCUT2D eigenvalue weighted by Crippen LogP contribution is 2.29. The molecular formula is C40H62N6O9. The second kappa shape index (κ2) is 17.4. The zero-order chi connectivity index (χ0) is 41.6. The highest BCUT2D eigenvalue weighted by Gasteiger charge is 2.44. The third-order valence-electron chi connectivity index (χ3n) is 9.90. The average molecular weight is 771 g/mol. The van der Waals surface area contributed by atoms with Gasteiger partial charge in [0.1, 0.15) is 34.4 Å². The van der Waals surface area contributed by atoms with E-state index < -0.39 is 87.3 Å². The van der Waals surface area contributed by atoms with Crippen molar-refractivity contribution in [1.82, 2.24) is 31.9 Å². The average Bonchev–Trinajstić information content (AvgIpc) is 3.72. The molecule has 2 saturated carbocycles. The van der Waals surface area contributed by atoms with Crippen LogP contribution in [0.25, 0.3) is 0 Å². The van der Waals surface area contributed by atoms with Gasteiger partial charge in [0.2, 0.25) is 29.5 Å². The summed E-state index contributed by atoms with van der Waals surface area (Å²) in [6.07, 6.45) is 2.72. The van der Waals surface area contributed by atoms with Crippen LogP contribution in [0.2, 0.25) is 0 Å². The topological polar surface area (TPSA) is 210 Å². The first-order valence-corrected chi connectivity index (χ1v) is 19.0. The molecule has 0 saturated heterocycles. The molecule has 1 aromatic carbocycles. The Morgan fingerprint density at radius 3 is 1.49 bits per heavy atom.